The molecule has 0 spiro atoms. The van der Waals surface area contributed by atoms with E-state index < -0.39 is 10.2 Å². The summed E-state index contributed by atoms with van der Waals surface area (Å²) >= 11 is 0. The Bertz CT molecular complexity index is 502. The van der Waals surface area contributed by atoms with Crippen molar-refractivity contribution in [2.45, 2.75) is 19.9 Å². The van der Waals surface area contributed by atoms with E-state index in [0.717, 1.165) is 12.0 Å². The summed E-state index contributed by atoms with van der Waals surface area (Å²) in [5.74, 6) is 1.18. The first-order valence-electron chi connectivity index (χ1n) is 5.97. The predicted molar refractivity (Wildman–Crippen MR) is 73.6 cm³/mol. The molecular weight excluding hydrogens is 268 g/mol. The smallest absolute Gasteiger partial charge is 0.277 e. The largest absolute Gasteiger partial charge is 0.493 e. The SMILES string of the molecule is CCCNS(=O)(=O)NCc1ccc(OC)c(OC)c1. The van der Waals surface area contributed by atoms with Crippen LogP contribution in [0.4, 0.5) is 0 Å². The molecular formula is C12H20N2O4S. The Morgan fingerprint density at radius 1 is 1.11 bits per heavy atom. The highest BCUT2D eigenvalue weighted by Gasteiger charge is 2.09. The number of rotatable bonds is 8. The first-order chi connectivity index (χ1) is 9.02. The van der Waals surface area contributed by atoms with Crippen LogP contribution in [0.2, 0.25) is 0 Å². The van der Waals surface area contributed by atoms with Gasteiger partial charge in [0.25, 0.3) is 10.2 Å². The Balaban J connectivity index is 2.68. The molecule has 19 heavy (non-hydrogen) atoms. The van der Waals surface area contributed by atoms with Crippen molar-refractivity contribution in [2.24, 2.45) is 0 Å². The van der Waals surface area contributed by atoms with Crippen LogP contribution in [0.3, 0.4) is 0 Å². The molecule has 0 unspecified atom stereocenters. The van der Waals surface area contributed by atoms with Gasteiger partial charge in [0.2, 0.25) is 0 Å². The first-order valence-corrected chi connectivity index (χ1v) is 7.46. The minimum absolute atomic E-state index is 0.194. The van der Waals surface area contributed by atoms with E-state index in [1.807, 2.05) is 6.92 Å². The van der Waals surface area contributed by atoms with E-state index in [0.29, 0.717) is 18.0 Å². The lowest BCUT2D eigenvalue weighted by Gasteiger charge is -2.11. The monoisotopic (exact) mass is 288 g/mol. The minimum atomic E-state index is -3.45. The van der Waals surface area contributed by atoms with Crippen LogP contribution in [-0.2, 0) is 16.8 Å². The summed E-state index contributed by atoms with van der Waals surface area (Å²) in [6.45, 7) is 2.51. The molecule has 0 aromatic heterocycles. The molecule has 0 aliphatic rings. The van der Waals surface area contributed by atoms with Crippen molar-refractivity contribution in [3.63, 3.8) is 0 Å². The van der Waals surface area contributed by atoms with E-state index in [2.05, 4.69) is 9.44 Å². The van der Waals surface area contributed by atoms with Crippen molar-refractivity contribution in [2.75, 3.05) is 20.8 Å². The number of ether oxygens (including phenoxy) is 2. The number of hydrogen-bond donors (Lipinski definition) is 2. The lowest BCUT2D eigenvalue weighted by Crippen LogP contribution is -2.36. The fourth-order valence-corrected chi connectivity index (χ4v) is 2.39. The Labute approximate surface area is 114 Å². The molecule has 6 nitrogen and oxygen atoms in total. The van der Waals surface area contributed by atoms with Gasteiger partial charge in [-0.3, -0.25) is 0 Å². The molecule has 0 atom stereocenters. The van der Waals surface area contributed by atoms with E-state index >= 15 is 0 Å². The van der Waals surface area contributed by atoms with Gasteiger partial charge in [0.05, 0.1) is 14.2 Å². The van der Waals surface area contributed by atoms with E-state index in [1.165, 1.54) is 7.11 Å². The zero-order valence-corrected chi connectivity index (χ0v) is 12.2. The number of methoxy groups -OCH3 is 2. The van der Waals surface area contributed by atoms with Gasteiger partial charge in [0, 0.05) is 13.1 Å². The molecule has 0 amide bonds. The van der Waals surface area contributed by atoms with Crippen LogP contribution in [0.1, 0.15) is 18.9 Å². The van der Waals surface area contributed by atoms with Gasteiger partial charge in [0.1, 0.15) is 0 Å². The highest BCUT2D eigenvalue weighted by atomic mass is 32.2. The Hall–Kier alpha value is -1.31. The molecule has 0 aliphatic carbocycles. The van der Waals surface area contributed by atoms with E-state index in [9.17, 15) is 8.42 Å². The molecule has 7 heteroatoms. The van der Waals surface area contributed by atoms with Crippen LogP contribution < -0.4 is 18.9 Å². The van der Waals surface area contributed by atoms with Crippen molar-refractivity contribution in [3.05, 3.63) is 23.8 Å². The van der Waals surface area contributed by atoms with E-state index in [1.54, 1.807) is 25.3 Å². The molecule has 108 valence electrons. The van der Waals surface area contributed by atoms with Gasteiger partial charge in [-0.15, -0.1) is 0 Å². The fraction of sp³-hybridized carbons (Fsp3) is 0.500. The maximum atomic E-state index is 11.6. The molecule has 0 heterocycles. The topological polar surface area (TPSA) is 76.7 Å². The molecule has 1 aromatic carbocycles. The summed E-state index contributed by atoms with van der Waals surface area (Å²) in [7, 11) is -0.362. The molecule has 0 aliphatic heterocycles. The maximum absolute atomic E-state index is 11.6. The van der Waals surface area contributed by atoms with Crippen molar-refractivity contribution in [1.82, 2.24) is 9.44 Å². The zero-order chi connectivity index (χ0) is 14.3. The quantitative estimate of drug-likeness (QED) is 0.749. The van der Waals surface area contributed by atoms with Gasteiger partial charge in [-0.2, -0.15) is 13.1 Å². The normalized spacial score (nSPS) is 11.3. The molecule has 2 N–H and O–H groups in total. The molecule has 0 saturated carbocycles. The summed E-state index contributed by atoms with van der Waals surface area (Å²) < 4.78 is 38.3. The Kier molecular flexibility index (Phi) is 6.07. The molecule has 0 saturated heterocycles. The van der Waals surface area contributed by atoms with Crippen molar-refractivity contribution < 1.29 is 17.9 Å². The summed E-state index contributed by atoms with van der Waals surface area (Å²) in [5.41, 5.74) is 0.791. The minimum Gasteiger partial charge on any atom is -0.493 e. The number of nitrogens with one attached hydrogen (secondary N) is 2. The Morgan fingerprint density at radius 3 is 2.37 bits per heavy atom. The van der Waals surface area contributed by atoms with Crippen LogP contribution >= 0.6 is 0 Å². The number of hydrogen-bond acceptors (Lipinski definition) is 4. The van der Waals surface area contributed by atoms with Crippen LogP contribution in [0.5, 0.6) is 11.5 Å². The van der Waals surface area contributed by atoms with Crippen molar-refractivity contribution >= 4 is 10.2 Å². The number of benzene rings is 1. The van der Waals surface area contributed by atoms with Crippen LogP contribution in [0, 0.1) is 0 Å². The summed E-state index contributed by atoms with van der Waals surface area (Å²) in [4.78, 5) is 0. The van der Waals surface area contributed by atoms with Crippen molar-refractivity contribution in [1.29, 1.82) is 0 Å². The standard InChI is InChI=1S/C12H20N2O4S/c1-4-7-13-19(15,16)14-9-10-5-6-11(17-2)12(8-10)18-3/h5-6,8,13-14H,4,7,9H2,1-3H3. The highest BCUT2D eigenvalue weighted by molar-refractivity contribution is 7.87. The predicted octanol–water partition coefficient (Wildman–Crippen LogP) is 1.04. The molecule has 1 aromatic rings. The van der Waals surface area contributed by atoms with E-state index in [4.69, 9.17) is 9.47 Å². The average molecular weight is 288 g/mol. The maximum Gasteiger partial charge on any atom is 0.277 e. The van der Waals surface area contributed by atoms with Gasteiger partial charge in [-0.1, -0.05) is 13.0 Å². The van der Waals surface area contributed by atoms with Gasteiger partial charge < -0.3 is 9.47 Å². The molecule has 0 bridgehead atoms. The third-order valence-corrected chi connectivity index (χ3v) is 3.56. The summed E-state index contributed by atoms with van der Waals surface area (Å²) in [5, 5.41) is 0. The van der Waals surface area contributed by atoms with Crippen LogP contribution in [0.15, 0.2) is 18.2 Å². The van der Waals surface area contributed by atoms with Crippen LogP contribution in [0.25, 0.3) is 0 Å². The van der Waals surface area contributed by atoms with E-state index in [-0.39, 0.29) is 6.54 Å². The van der Waals surface area contributed by atoms with Gasteiger partial charge in [0.15, 0.2) is 11.5 Å². The first kappa shape index (κ1) is 15.7. The molecule has 1 rings (SSSR count). The third kappa shape index (κ3) is 5.06. The molecule has 0 fully saturated rings. The second-order valence-electron chi connectivity index (χ2n) is 3.91. The fourth-order valence-electron chi connectivity index (χ4n) is 1.46. The summed E-state index contributed by atoms with van der Waals surface area (Å²) in [6.07, 6.45) is 0.747. The highest BCUT2D eigenvalue weighted by Crippen LogP contribution is 2.27. The zero-order valence-electron chi connectivity index (χ0n) is 11.4. The second kappa shape index (κ2) is 7.32. The van der Waals surface area contributed by atoms with Crippen molar-refractivity contribution in [3.8, 4) is 11.5 Å². The average Bonchev–Trinajstić information content (AvgIpc) is 2.42. The van der Waals surface area contributed by atoms with Crippen LogP contribution in [-0.4, -0.2) is 29.2 Å². The summed E-state index contributed by atoms with van der Waals surface area (Å²) in [6, 6.07) is 5.26. The lowest BCUT2D eigenvalue weighted by molar-refractivity contribution is 0.354. The molecule has 0 radical (unpaired) electrons. The van der Waals surface area contributed by atoms with Gasteiger partial charge in [-0.25, -0.2) is 4.72 Å². The third-order valence-electron chi connectivity index (χ3n) is 2.46. The van der Waals surface area contributed by atoms with Gasteiger partial charge in [-0.05, 0) is 24.1 Å². The Morgan fingerprint density at radius 2 is 1.79 bits per heavy atom. The van der Waals surface area contributed by atoms with Gasteiger partial charge >= 0.3 is 0 Å². The lowest BCUT2D eigenvalue weighted by atomic mass is 10.2. The second-order valence-corrected chi connectivity index (χ2v) is 5.49.